The molecular weight excluding hydrogens is 362 g/mol. The number of rotatable bonds is 8. The van der Waals surface area contributed by atoms with E-state index in [-0.39, 0.29) is 17.7 Å². The first-order valence-electron chi connectivity index (χ1n) is 8.66. The molecule has 0 bridgehead atoms. The van der Waals surface area contributed by atoms with E-state index in [2.05, 4.69) is 20.8 Å². The van der Waals surface area contributed by atoms with E-state index in [9.17, 15) is 4.79 Å². The van der Waals surface area contributed by atoms with Gasteiger partial charge in [-0.05, 0) is 42.0 Å². The Balaban J connectivity index is 1.65. The molecule has 0 saturated carbocycles. The van der Waals surface area contributed by atoms with Gasteiger partial charge in [-0.2, -0.15) is 4.68 Å². The summed E-state index contributed by atoms with van der Waals surface area (Å²) in [5.74, 6) is 0.828. The number of hydrogen-bond donors (Lipinski definition) is 1. The van der Waals surface area contributed by atoms with Crippen LogP contribution in [0.3, 0.4) is 0 Å². The van der Waals surface area contributed by atoms with Crippen LogP contribution in [0.2, 0.25) is 0 Å². The molecule has 1 atom stereocenters. The van der Waals surface area contributed by atoms with Gasteiger partial charge in [-0.1, -0.05) is 54.2 Å². The first-order chi connectivity index (χ1) is 13.2. The van der Waals surface area contributed by atoms with Gasteiger partial charge >= 0.3 is 0 Å². The van der Waals surface area contributed by atoms with Crippen molar-refractivity contribution >= 4 is 17.7 Å². The molecule has 3 rings (SSSR count). The minimum Gasteiger partial charge on any atom is -0.492 e. The number of aromatic nitrogens is 4. The van der Waals surface area contributed by atoms with Crippen molar-refractivity contribution in [1.29, 1.82) is 0 Å². The van der Waals surface area contributed by atoms with E-state index in [0.717, 1.165) is 11.3 Å². The molecule has 3 aromatic rings. The van der Waals surface area contributed by atoms with E-state index in [0.29, 0.717) is 17.5 Å². The zero-order chi connectivity index (χ0) is 19.1. The van der Waals surface area contributed by atoms with Crippen LogP contribution in [0.25, 0.3) is 5.69 Å². The Hall–Kier alpha value is -2.87. The van der Waals surface area contributed by atoms with Crippen LogP contribution in [-0.4, -0.2) is 38.5 Å². The lowest BCUT2D eigenvalue weighted by molar-refractivity contribution is -0.119. The number of benzene rings is 2. The molecule has 1 amide bonds. The van der Waals surface area contributed by atoms with E-state index in [1.54, 1.807) is 4.68 Å². The molecule has 0 fully saturated rings. The van der Waals surface area contributed by atoms with Gasteiger partial charge in [-0.3, -0.25) is 4.79 Å². The normalized spacial score (nSPS) is 11.8. The molecule has 0 aliphatic carbocycles. The molecule has 140 valence electrons. The van der Waals surface area contributed by atoms with Gasteiger partial charge in [0.05, 0.1) is 18.4 Å². The van der Waals surface area contributed by atoms with Gasteiger partial charge in [0.2, 0.25) is 11.1 Å². The molecule has 1 unspecified atom stereocenters. The molecule has 0 spiro atoms. The summed E-state index contributed by atoms with van der Waals surface area (Å²) in [6, 6.07) is 17.3. The number of carbonyl (C=O) groups is 1. The van der Waals surface area contributed by atoms with Crippen molar-refractivity contribution in [2.75, 3.05) is 12.4 Å². The maximum atomic E-state index is 12.3. The third-order valence-corrected chi connectivity index (χ3v) is 4.76. The number of amides is 1. The third kappa shape index (κ3) is 4.85. The molecule has 0 radical (unpaired) electrons. The average molecular weight is 383 g/mol. The van der Waals surface area contributed by atoms with Gasteiger partial charge in [0.15, 0.2) is 0 Å². The molecule has 0 saturated heterocycles. The zero-order valence-corrected chi connectivity index (χ0v) is 16.0. The topological polar surface area (TPSA) is 81.9 Å². The highest BCUT2D eigenvalue weighted by Crippen LogP contribution is 2.26. The Labute approximate surface area is 162 Å². The van der Waals surface area contributed by atoms with Crippen LogP contribution in [0, 0.1) is 0 Å². The predicted octanol–water partition coefficient (Wildman–Crippen LogP) is 3.03. The van der Waals surface area contributed by atoms with E-state index >= 15 is 0 Å². The lowest BCUT2D eigenvalue weighted by atomic mass is 10.1. The van der Waals surface area contributed by atoms with Crippen molar-refractivity contribution < 1.29 is 9.53 Å². The zero-order valence-electron chi connectivity index (χ0n) is 15.2. The average Bonchev–Trinajstić information content (AvgIpc) is 3.16. The van der Waals surface area contributed by atoms with Gasteiger partial charge in [-0.25, -0.2) is 0 Å². The van der Waals surface area contributed by atoms with E-state index in [1.807, 2.05) is 68.4 Å². The number of hydrogen-bond acceptors (Lipinski definition) is 6. The fourth-order valence-corrected chi connectivity index (χ4v) is 3.26. The van der Waals surface area contributed by atoms with Crippen molar-refractivity contribution in [3.8, 4) is 11.4 Å². The van der Waals surface area contributed by atoms with Crippen molar-refractivity contribution in [3.05, 3.63) is 60.2 Å². The van der Waals surface area contributed by atoms with Gasteiger partial charge in [0.1, 0.15) is 11.4 Å². The summed E-state index contributed by atoms with van der Waals surface area (Å²) >= 11 is 1.28. The number of ether oxygens (including phenoxy) is 1. The van der Waals surface area contributed by atoms with Gasteiger partial charge in [-0.15, -0.1) is 5.10 Å². The third-order valence-electron chi connectivity index (χ3n) is 3.84. The fraction of sp³-hybridized carbons (Fsp3) is 0.263. The van der Waals surface area contributed by atoms with Crippen molar-refractivity contribution in [2.45, 2.75) is 25.0 Å². The van der Waals surface area contributed by atoms with Crippen molar-refractivity contribution in [3.63, 3.8) is 0 Å². The first-order valence-corrected chi connectivity index (χ1v) is 9.65. The number of thioether (sulfide) groups is 1. The Bertz CT molecular complexity index is 885. The molecule has 8 heteroatoms. The summed E-state index contributed by atoms with van der Waals surface area (Å²) in [7, 11) is 0. The van der Waals surface area contributed by atoms with Crippen LogP contribution in [-0.2, 0) is 4.79 Å². The largest absolute Gasteiger partial charge is 0.492 e. The molecule has 2 aromatic carbocycles. The minimum absolute atomic E-state index is 0.0611. The van der Waals surface area contributed by atoms with Crippen molar-refractivity contribution in [2.24, 2.45) is 0 Å². The molecule has 7 nitrogen and oxygen atoms in total. The van der Waals surface area contributed by atoms with Crippen LogP contribution in [0.4, 0.5) is 0 Å². The first kappa shape index (κ1) is 18.9. The highest BCUT2D eigenvalue weighted by Gasteiger charge is 2.16. The van der Waals surface area contributed by atoms with Crippen LogP contribution in [0.15, 0.2) is 59.8 Å². The Morgan fingerprint density at radius 2 is 1.93 bits per heavy atom. The highest BCUT2D eigenvalue weighted by molar-refractivity contribution is 7.99. The number of nitrogens with zero attached hydrogens (tertiary/aromatic N) is 4. The monoisotopic (exact) mass is 383 g/mol. The van der Waals surface area contributed by atoms with Gasteiger partial charge in [0.25, 0.3) is 0 Å². The molecule has 0 aliphatic rings. The summed E-state index contributed by atoms with van der Waals surface area (Å²) in [6.45, 7) is 4.42. The molecular formula is C19H21N5O2S. The van der Waals surface area contributed by atoms with Crippen LogP contribution in [0.5, 0.6) is 5.75 Å². The molecule has 1 heterocycles. The van der Waals surface area contributed by atoms with Gasteiger partial charge < -0.3 is 10.1 Å². The standard InChI is InChI=1S/C19H21N5O2S/c1-3-26-17-12-8-7-11-16(17)24-19(21-22-23-24)27-13-18(25)20-14(2)15-9-5-4-6-10-15/h4-12,14H,3,13H2,1-2H3,(H,20,25). The Morgan fingerprint density at radius 1 is 1.19 bits per heavy atom. The second kappa shape index (κ2) is 9.18. The summed E-state index contributed by atoms with van der Waals surface area (Å²) in [5, 5.41) is 15.3. The van der Waals surface area contributed by atoms with E-state index < -0.39 is 0 Å². The lowest BCUT2D eigenvalue weighted by Gasteiger charge is -2.14. The molecule has 1 aromatic heterocycles. The van der Waals surface area contributed by atoms with Crippen LogP contribution >= 0.6 is 11.8 Å². The SMILES string of the molecule is CCOc1ccccc1-n1nnnc1SCC(=O)NC(C)c1ccccc1. The quantitative estimate of drug-likeness (QED) is 0.602. The number of nitrogens with one attached hydrogen (secondary N) is 1. The smallest absolute Gasteiger partial charge is 0.230 e. The van der Waals surface area contributed by atoms with E-state index in [1.165, 1.54) is 11.8 Å². The summed E-state index contributed by atoms with van der Waals surface area (Å²) in [4.78, 5) is 12.3. The Morgan fingerprint density at radius 3 is 2.70 bits per heavy atom. The summed E-state index contributed by atoms with van der Waals surface area (Å²) in [6.07, 6.45) is 0. The maximum Gasteiger partial charge on any atom is 0.230 e. The van der Waals surface area contributed by atoms with Gasteiger partial charge in [0, 0.05) is 0 Å². The maximum absolute atomic E-state index is 12.3. The minimum atomic E-state index is -0.0796. The Kier molecular flexibility index (Phi) is 6.43. The molecule has 27 heavy (non-hydrogen) atoms. The van der Waals surface area contributed by atoms with Crippen LogP contribution in [0.1, 0.15) is 25.5 Å². The summed E-state index contributed by atoms with van der Waals surface area (Å²) < 4.78 is 7.22. The predicted molar refractivity (Wildman–Crippen MR) is 104 cm³/mol. The second-order valence-electron chi connectivity index (χ2n) is 5.76. The second-order valence-corrected chi connectivity index (χ2v) is 6.71. The van der Waals surface area contributed by atoms with Crippen molar-refractivity contribution in [1.82, 2.24) is 25.5 Å². The lowest BCUT2D eigenvalue weighted by Crippen LogP contribution is -2.28. The fourth-order valence-electron chi connectivity index (χ4n) is 2.57. The number of para-hydroxylation sites is 2. The number of tetrazole rings is 1. The highest BCUT2D eigenvalue weighted by atomic mass is 32.2. The molecule has 0 aliphatic heterocycles. The van der Waals surface area contributed by atoms with E-state index in [4.69, 9.17) is 4.74 Å². The number of carbonyl (C=O) groups excluding carboxylic acids is 1. The molecule has 1 N–H and O–H groups in total. The summed E-state index contributed by atoms with van der Waals surface area (Å²) in [5.41, 5.74) is 1.80. The van der Waals surface area contributed by atoms with Crippen LogP contribution < -0.4 is 10.1 Å².